The van der Waals surface area contributed by atoms with Crippen LogP contribution < -0.4 is 4.72 Å². The third-order valence-corrected chi connectivity index (χ3v) is 4.02. The summed E-state index contributed by atoms with van der Waals surface area (Å²) in [5.41, 5.74) is 0.282. The number of pyridine rings is 1. The fourth-order valence-electron chi connectivity index (χ4n) is 1.39. The molecule has 0 aliphatic rings. The minimum atomic E-state index is -3.75. The number of hydrogen-bond donors (Lipinski definition) is 1. The lowest BCUT2D eigenvalue weighted by Gasteiger charge is -2.07. The first-order chi connectivity index (χ1) is 9.01. The summed E-state index contributed by atoms with van der Waals surface area (Å²) >= 11 is 3.16. The molecular formula is C12H8BrN3O2S. The first kappa shape index (κ1) is 13.5. The standard InChI is InChI=1S/C12H8BrN3O2S/c13-11-5-2-6-12(15-11)16-19(17,18)10-4-1-3-9(7-10)8-14/h1-7H,(H,15,16). The molecule has 7 heteroatoms. The van der Waals surface area contributed by atoms with Crippen LogP contribution in [0.15, 0.2) is 52.0 Å². The van der Waals surface area contributed by atoms with Crippen molar-refractivity contribution < 1.29 is 8.42 Å². The van der Waals surface area contributed by atoms with Crippen LogP contribution in [-0.2, 0) is 10.0 Å². The van der Waals surface area contributed by atoms with Gasteiger partial charge in [-0.3, -0.25) is 4.72 Å². The van der Waals surface area contributed by atoms with Crippen molar-refractivity contribution in [2.24, 2.45) is 0 Å². The van der Waals surface area contributed by atoms with Gasteiger partial charge in [-0.15, -0.1) is 0 Å². The predicted octanol–water partition coefficient (Wildman–Crippen LogP) is 2.52. The second-order valence-corrected chi connectivity index (χ2v) is 6.09. The van der Waals surface area contributed by atoms with Crippen molar-refractivity contribution in [2.45, 2.75) is 4.90 Å². The third kappa shape index (κ3) is 3.30. The molecule has 96 valence electrons. The Kier molecular flexibility index (Phi) is 3.83. The highest BCUT2D eigenvalue weighted by atomic mass is 79.9. The van der Waals surface area contributed by atoms with Crippen molar-refractivity contribution in [3.8, 4) is 6.07 Å². The molecule has 0 bridgehead atoms. The van der Waals surface area contributed by atoms with Gasteiger partial charge in [-0.1, -0.05) is 12.1 Å². The predicted molar refractivity (Wildman–Crippen MR) is 73.9 cm³/mol. The second-order valence-electron chi connectivity index (χ2n) is 3.59. The first-order valence-corrected chi connectivity index (χ1v) is 7.44. The lowest BCUT2D eigenvalue weighted by atomic mass is 10.2. The molecule has 5 nitrogen and oxygen atoms in total. The Morgan fingerprint density at radius 2 is 1.95 bits per heavy atom. The summed E-state index contributed by atoms with van der Waals surface area (Å²) in [6, 6.07) is 12.6. The molecule has 0 aliphatic heterocycles. The van der Waals surface area contributed by atoms with Crippen LogP contribution in [0.1, 0.15) is 5.56 Å². The Morgan fingerprint density at radius 3 is 2.63 bits per heavy atom. The molecule has 0 spiro atoms. The maximum atomic E-state index is 12.1. The molecule has 0 radical (unpaired) electrons. The lowest BCUT2D eigenvalue weighted by molar-refractivity contribution is 0.601. The zero-order chi connectivity index (χ0) is 13.9. The van der Waals surface area contributed by atoms with Gasteiger partial charge in [-0.25, -0.2) is 13.4 Å². The molecule has 2 aromatic rings. The summed E-state index contributed by atoms with van der Waals surface area (Å²) in [5.74, 6) is 0.205. The monoisotopic (exact) mass is 337 g/mol. The number of benzene rings is 1. The number of halogens is 1. The van der Waals surface area contributed by atoms with Crippen molar-refractivity contribution in [1.29, 1.82) is 5.26 Å². The Labute approximate surface area is 119 Å². The van der Waals surface area contributed by atoms with E-state index < -0.39 is 10.0 Å². The van der Waals surface area contributed by atoms with E-state index in [4.69, 9.17) is 5.26 Å². The summed E-state index contributed by atoms with van der Waals surface area (Å²) in [5, 5.41) is 8.77. The van der Waals surface area contributed by atoms with Gasteiger partial charge < -0.3 is 0 Å². The molecule has 2 rings (SSSR count). The second kappa shape index (κ2) is 5.38. The highest BCUT2D eigenvalue weighted by Gasteiger charge is 2.15. The number of nitrogens with one attached hydrogen (secondary N) is 1. The summed E-state index contributed by atoms with van der Waals surface area (Å²) in [4.78, 5) is 4.01. The third-order valence-electron chi connectivity index (χ3n) is 2.23. The molecule has 19 heavy (non-hydrogen) atoms. The molecule has 0 saturated heterocycles. The number of rotatable bonds is 3. The molecule has 1 aromatic carbocycles. The van der Waals surface area contributed by atoms with Gasteiger partial charge in [0.2, 0.25) is 0 Å². The Balaban J connectivity index is 2.35. The van der Waals surface area contributed by atoms with Gasteiger partial charge >= 0.3 is 0 Å². The Morgan fingerprint density at radius 1 is 1.21 bits per heavy atom. The van der Waals surface area contributed by atoms with Crippen LogP contribution in [0.2, 0.25) is 0 Å². The van der Waals surface area contributed by atoms with E-state index in [1.54, 1.807) is 12.1 Å². The molecule has 1 N–H and O–H groups in total. The van der Waals surface area contributed by atoms with Crippen molar-refractivity contribution in [3.63, 3.8) is 0 Å². The minimum Gasteiger partial charge on any atom is -0.263 e. The molecular weight excluding hydrogens is 330 g/mol. The van der Waals surface area contributed by atoms with Crippen molar-refractivity contribution >= 4 is 31.8 Å². The van der Waals surface area contributed by atoms with E-state index in [0.29, 0.717) is 4.60 Å². The molecule has 0 atom stereocenters. The quantitative estimate of drug-likeness (QED) is 0.872. The van der Waals surface area contributed by atoms with Gasteiger partial charge in [0.05, 0.1) is 16.5 Å². The number of hydrogen-bond acceptors (Lipinski definition) is 4. The van der Waals surface area contributed by atoms with Crippen LogP contribution in [0.25, 0.3) is 0 Å². The average molecular weight is 338 g/mol. The molecule has 1 heterocycles. The summed E-state index contributed by atoms with van der Waals surface area (Å²) in [6.45, 7) is 0. The lowest BCUT2D eigenvalue weighted by Crippen LogP contribution is -2.14. The topological polar surface area (TPSA) is 82.8 Å². The molecule has 0 aliphatic carbocycles. The number of anilines is 1. The fraction of sp³-hybridized carbons (Fsp3) is 0. The molecule has 0 fully saturated rings. The SMILES string of the molecule is N#Cc1cccc(S(=O)(=O)Nc2cccc(Br)n2)c1. The van der Waals surface area contributed by atoms with Gasteiger partial charge in [-0.2, -0.15) is 5.26 Å². The van der Waals surface area contributed by atoms with Crippen LogP contribution >= 0.6 is 15.9 Å². The average Bonchev–Trinajstić information content (AvgIpc) is 2.38. The van der Waals surface area contributed by atoms with E-state index in [-0.39, 0.29) is 16.3 Å². The van der Waals surface area contributed by atoms with Gasteiger partial charge in [0, 0.05) is 0 Å². The van der Waals surface area contributed by atoms with E-state index in [0.717, 1.165) is 0 Å². The molecule has 0 amide bonds. The van der Waals surface area contributed by atoms with Crippen LogP contribution in [0.3, 0.4) is 0 Å². The maximum Gasteiger partial charge on any atom is 0.263 e. The first-order valence-electron chi connectivity index (χ1n) is 5.17. The zero-order valence-corrected chi connectivity index (χ0v) is 11.9. The molecule has 0 unspecified atom stereocenters. The van der Waals surface area contributed by atoms with Gasteiger partial charge in [0.1, 0.15) is 10.4 Å². The van der Waals surface area contributed by atoms with Crippen molar-refractivity contribution in [1.82, 2.24) is 4.98 Å². The highest BCUT2D eigenvalue weighted by Crippen LogP contribution is 2.17. The Bertz CT molecular complexity index is 754. The minimum absolute atomic E-state index is 0.0216. The van der Waals surface area contributed by atoms with Crippen LogP contribution in [0, 0.1) is 11.3 Å². The van der Waals surface area contributed by atoms with E-state index in [9.17, 15) is 8.42 Å². The highest BCUT2D eigenvalue weighted by molar-refractivity contribution is 9.10. The smallest absolute Gasteiger partial charge is 0.263 e. The molecule has 0 saturated carbocycles. The van der Waals surface area contributed by atoms with E-state index in [2.05, 4.69) is 25.6 Å². The number of nitrogens with zero attached hydrogens (tertiary/aromatic N) is 2. The number of aromatic nitrogens is 1. The molecule has 1 aromatic heterocycles. The zero-order valence-electron chi connectivity index (χ0n) is 9.54. The van der Waals surface area contributed by atoms with E-state index >= 15 is 0 Å². The number of sulfonamides is 1. The van der Waals surface area contributed by atoms with Crippen LogP contribution in [0.5, 0.6) is 0 Å². The summed E-state index contributed by atoms with van der Waals surface area (Å²) in [7, 11) is -3.75. The normalized spacial score (nSPS) is 10.7. The van der Waals surface area contributed by atoms with Gasteiger partial charge in [-0.05, 0) is 46.3 Å². The Hall–Kier alpha value is -1.91. The van der Waals surface area contributed by atoms with Gasteiger partial charge in [0.15, 0.2) is 0 Å². The van der Waals surface area contributed by atoms with Gasteiger partial charge in [0.25, 0.3) is 10.0 Å². The van der Waals surface area contributed by atoms with Crippen molar-refractivity contribution in [2.75, 3.05) is 4.72 Å². The van der Waals surface area contributed by atoms with Crippen molar-refractivity contribution in [3.05, 3.63) is 52.6 Å². The van der Waals surface area contributed by atoms with E-state index in [1.807, 2.05) is 6.07 Å². The summed E-state index contributed by atoms with van der Waals surface area (Å²) < 4.78 is 27.1. The van der Waals surface area contributed by atoms with Crippen LogP contribution in [0.4, 0.5) is 5.82 Å². The summed E-state index contributed by atoms with van der Waals surface area (Å²) in [6.07, 6.45) is 0. The maximum absolute atomic E-state index is 12.1. The largest absolute Gasteiger partial charge is 0.263 e. The number of nitriles is 1. The fourth-order valence-corrected chi connectivity index (χ4v) is 2.78. The van der Waals surface area contributed by atoms with E-state index in [1.165, 1.54) is 30.3 Å². The van der Waals surface area contributed by atoms with Crippen LogP contribution in [-0.4, -0.2) is 13.4 Å².